The molecule has 0 bridgehead atoms. The van der Waals surface area contributed by atoms with Gasteiger partial charge in [0.2, 0.25) is 0 Å². The number of ether oxygens (including phenoxy) is 1. The third kappa shape index (κ3) is 4.10. The molecule has 1 heterocycles. The Morgan fingerprint density at radius 3 is 2.83 bits per heavy atom. The molecule has 1 aliphatic rings. The van der Waals surface area contributed by atoms with Crippen molar-refractivity contribution in [2.75, 3.05) is 6.61 Å². The van der Waals surface area contributed by atoms with Crippen LogP contribution < -0.4 is 4.46 Å². The van der Waals surface area contributed by atoms with Gasteiger partial charge in [0.15, 0.2) is 0 Å². The molecule has 0 radical (unpaired) electrons. The minimum absolute atomic E-state index is 0.265. The molecule has 1 N–H and O–H groups in total. The van der Waals surface area contributed by atoms with E-state index in [1.54, 1.807) is 0 Å². The standard InChI is InChI=1S/C15H22O2Se/c1-2-3-9-14-15(10-12(16)11-17-14)18-13-7-5-4-6-8-13/h4-8,12,14-16H,2-3,9-11H2,1H3/t12-,14+,15-/m0/s1. The molecule has 0 aromatic heterocycles. The van der Waals surface area contributed by atoms with E-state index in [1.807, 2.05) is 0 Å². The maximum absolute atomic E-state index is 9.79. The summed E-state index contributed by atoms with van der Waals surface area (Å²) in [5.41, 5.74) is 0. The Hall–Kier alpha value is -0.341. The van der Waals surface area contributed by atoms with Crippen molar-refractivity contribution in [2.45, 2.75) is 49.6 Å². The molecule has 0 saturated carbocycles. The Balaban J connectivity index is 1.96. The molecule has 3 atom stereocenters. The van der Waals surface area contributed by atoms with Crippen molar-refractivity contribution < 1.29 is 9.84 Å². The summed E-state index contributed by atoms with van der Waals surface area (Å²) in [6, 6.07) is 10.6. The zero-order chi connectivity index (χ0) is 12.8. The first-order valence-electron chi connectivity index (χ1n) is 6.81. The van der Waals surface area contributed by atoms with Crippen molar-refractivity contribution in [3.05, 3.63) is 30.3 Å². The van der Waals surface area contributed by atoms with E-state index in [9.17, 15) is 5.11 Å². The fourth-order valence-electron chi connectivity index (χ4n) is 2.30. The van der Waals surface area contributed by atoms with Gasteiger partial charge in [-0.05, 0) is 0 Å². The van der Waals surface area contributed by atoms with Gasteiger partial charge in [-0.1, -0.05) is 0 Å². The van der Waals surface area contributed by atoms with Crippen LogP contribution >= 0.6 is 0 Å². The zero-order valence-corrected chi connectivity index (χ0v) is 12.6. The maximum atomic E-state index is 9.79. The van der Waals surface area contributed by atoms with Crippen molar-refractivity contribution in [3.63, 3.8) is 0 Å². The zero-order valence-electron chi connectivity index (χ0n) is 10.9. The second kappa shape index (κ2) is 7.30. The summed E-state index contributed by atoms with van der Waals surface area (Å²) < 4.78 is 7.25. The molecule has 18 heavy (non-hydrogen) atoms. The van der Waals surface area contributed by atoms with Crippen LogP contribution in [0.2, 0.25) is 4.82 Å². The topological polar surface area (TPSA) is 29.5 Å². The fourth-order valence-corrected chi connectivity index (χ4v) is 5.13. The third-order valence-corrected chi connectivity index (χ3v) is 6.11. The molecular formula is C15H22O2Se. The van der Waals surface area contributed by atoms with E-state index in [-0.39, 0.29) is 6.10 Å². The number of aliphatic hydroxyl groups is 1. The Morgan fingerprint density at radius 1 is 1.33 bits per heavy atom. The van der Waals surface area contributed by atoms with Gasteiger partial charge in [0, 0.05) is 0 Å². The minimum atomic E-state index is -0.265. The Labute approximate surface area is 116 Å². The number of hydrogen-bond donors (Lipinski definition) is 1. The van der Waals surface area contributed by atoms with Gasteiger partial charge in [0.1, 0.15) is 0 Å². The molecule has 3 heteroatoms. The van der Waals surface area contributed by atoms with Crippen LogP contribution in [0.25, 0.3) is 0 Å². The first-order valence-corrected chi connectivity index (χ1v) is 8.65. The number of hydrogen-bond acceptors (Lipinski definition) is 2. The van der Waals surface area contributed by atoms with Crippen LogP contribution in [0.1, 0.15) is 32.6 Å². The normalized spacial score (nSPS) is 28.2. The van der Waals surface area contributed by atoms with Crippen LogP contribution in [0.4, 0.5) is 0 Å². The van der Waals surface area contributed by atoms with Crippen molar-refractivity contribution in [2.24, 2.45) is 0 Å². The van der Waals surface area contributed by atoms with Crippen LogP contribution in [0, 0.1) is 0 Å². The molecule has 1 aliphatic heterocycles. The Morgan fingerprint density at radius 2 is 2.11 bits per heavy atom. The molecule has 0 unspecified atom stereocenters. The van der Waals surface area contributed by atoms with Gasteiger partial charge in [-0.3, -0.25) is 0 Å². The summed E-state index contributed by atoms with van der Waals surface area (Å²) in [5, 5.41) is 9.79. The molecule has 2 rings (SSSR count). The SMILES string of the molecule is CCCC[C@H]1OC[C@@H](O)C[C@@H]1[Se]c1ccccc1. The van der Waals surface area contributed by atoms with Crippen LogP contribution in [0.15, 0.2) is 30.3 Å². The third-order valence-electron chi connectivity index (χ3n) is 3.29. The summed E-state index contributed by atoms with van der Waals surface area (Å²) >= 11 is 0.404. The fraction of sp³-hybridized carbons (Fsp3) is 0.600. The van der Waals surface area contributed by atoms with Gasteiger partial charge in [-0.2, -0.15) is 0 Å². The van der Waals surface area contributed by atoms with Gasteiger partial charge in [-0.25, -0.2) is 0 Å². The number of rotatable bonds is 5. The molecule has 1 aromatic rings. The van der Waals surface area contributed by atoms with E-state index in [1.165, 1.54) is 17.3 Å². The number of aliphatic hydroxyl groups excluding tert-OH is 1. The Bertz CT molecular complexity index is 340. The second-order valence-corrected chi connectivity index (χ2v) is 7.63. The number of unbranched alkanes of at least 4 members (excludes halogenated alkanes) is 1. The number of benzene rings is 1. The molecule has 1 fully saturated rings. The van der Waals surface area contributed by atoms with Crippen LogP contribution in [-0.4, -0.2) is 38.9 Å². The molecular weight excluding hydrogens is 291 g/mol. The van der Waals surface area contributed by atoms with Gasteiger partial charge in [-0.15, -0.1) is 0 Å². The van der Waals surface area contributed by atoms with Crippen molar-refractivity contribution in [1.82, 2.24) is 0 Å². The van der Waals surface area contributed by atoms with Gasteiger partial charge < -0.3 is 0 Å². The second-order valence-electron chi connectivity index (χ2n) is 4.87. The van der Waals surface area contributed by atoms with Crippen LogP contribution in [-0.2, 0) is 4.74 Å². The summed E-state index contributed by atoms with van der Waals surface area (Å²) in [5.74, 6) is 0. The molecule has 0 amide bonds. The molecule has 0 spiro atoms. The van der Waals surface area contributed by atoms with Gasteiger partial charge >= 0.3 is 116 Å². The van der Waals surface area contributed by atoms with Gasteiger partial charge in [0.05, 0.1) is 0 Å². The van der Waals surface area contributed by atoms with Crippen LogP contribution in [0.5, 0.6) is 0 Å². The molecule has 100 valence electrons. The van der Waals surface area contributed by atoms with Gasteiger partial charge in [0.25, 0.3) is 0 Å². The predicted octanol–water partition coefficient (Wildman–Crippen LogP) is 2.14. The first-order chi connectivity index (χ1) is 8.79. The van der Waals surface area contributed by atoms with Crippen molar-refractivity contribution in [1.29, 1.82) is 0 Å². The summed E-state index contributed by atoms with van der Waals surface area (Å²) in [6.07, 6.45) is 4.58. The quantitative estimate of drug-likeness (QED) is 0.844. The average Bonchev–Trinajstić information content (AvgIpc) is 2.39. The monoisotopic (exact) mass is 314 g/mol. The van der Waals surface area contributed by atoms with E-state index in [0.29, 0.717) is 32.5 Å². The van der Waals surface area contributed by atoms with Crippen molar-refractivity contribution >= 4 is 19.4 Å². The van der Waals surface area contributed by atoms with E-state index >= 15 is 0 Å². The van der Waals surface area contributed by atoms with Crippen molar-refractivity contribution in [3.8, 4) is 0 Å². The first kappa shape index (κ1) is 14.1. The summed E-state index contributed by atoms with van der Waals surface area (Å²) in [4.78, 5) is 0.523. The average molecular weight is 313 g/mol. The summed E-state index contributed by atoms with van der Waals surface area (Å²) in [7, 11) is 0. The molecule has 2 nitrogen and oxygen atoms in total. The Kier molecular flexibility index (Phi) is 5.71. The summed E-state index contributed by atoms with van der Waals surface area (Å²) in [6.45, 7) is 2.74. The van der Waals surface area contributed by atoms with E-state index in [2.05, 4.69) is 37.3 Å². The van der Waals surface area contributed by atoms with Crippen LogP contribution in [0.3, 0.4) is 0 Å². The molecule has 0 aliphatic carbocycles. The van der Waals surface area contributed by atoms with E-state index < -0.39 is 0 Å². The van der Waals surface area contributed by atoms with E-state index in [0.717, 1.165) is 12.8 Å². The van der Waals surface area contributed by atoms with E-state index in [4.69, 9.17) is 4.74 Å². The predicted molar refractivity (Wildman–Crippen MR) is 75.5 cm³/mol. The molecule has 1 aromatic carbocycles. The molecule has 1 saturated heterocycles.